The summed E-state index contributed by atoms with van der Waals surface area (Å²) in [4.78, 5) is 13.9. The van der Waals surface area contributed by atoms with E-state index in [0.717, 1.165) is 31.1 Å². The summed E-state index contributed by atoms with van der Waals surface area (Å²) in [7, 11) is 0. The zero-order valence-corrected chi connectivity index (χ0v) is 13.3. The smallest absolute Gasteiger partial charge is 0.234 e. The Labute approximate surface area is 125 Å². The molecule has 0 atom stereocenters. The first-order chi connectivity index (χ1) is 9.71. The van der Waals surface area contributed by atoms with Crippen LogP contribution >= 0.6 is 11.8 Å². The molecule has 0 saturated carbocycles. The average Bonchev–Trinajstić information content (AvgIpc) is 2.45. The summed E-state index contributed by atoms with van der Waals surface area (Å²) in [6.45, 7) is 7.83. The summed E-state index contributed by atoms with van der Waals surface area (Å²) < 4.78 is 5.79. The number of carbonyl (C=O) groups excluding carboxylic acids is 1. The number of para-hydroxylation sites is 2. The van der Waals surface area contributed by atoms with Gasteiger partial charge in [-0.2, -0.15) is 11.8 Å². The van der Waals surface area contributed by atoms with Crippen molar-refractivity contribution in [2.24, 2.45) is 0 Å². The van der Waals surface area contributed by atoms with Crippen molar-refractivity contribution in [3.05, 3.63) is 24.3 Å². The number of carbonyl (C=O) groups is 1. The zero-order valence-electron chi connectivity index (χ0n) is 12.5. The number of amides is 1. The quantitative estimate of drug-likeness (QED) is 0.761. The Morgan fingerprint density at radius 2 is 2.00 bits per heavy atom. The number of rotatable bonds is 9. The van der Waals surface area contributed by atoms with Crippen molar-refractivity contribution in [2.75, 3.05) is 43.6 Å². The van der Waals surface area contributed by atoms with Crippen LogP contribution in [0.2, 0.25) is 0 Å². The summed E-state index contributed by atoms with van der Waals surface area (Å²) in [6.07, 6.45) is 1.91. The summed E-state index contributed by atoms with van der Waals surface area (Å²) in [5.74, 6) is 1.18. The molecule has 0 aliphatic rings. The van der Waals surface area contributed by atoms with Crippen LogP contribution in [0.1, 0.15) is 13.8 Å². The minimum absolute atomic E-state index is 0.00251. The number of likely N-dealkylation sites (N-methyl/N-ethyl adjacent to an activating group) is 1. The standard InChI is InChI=1S/C15H24N2O2S/c1-4-17(5-2)10-11-19-14-9-7-6-8-13(14)16-15(18)12-20-3/h6-9H,4-5,10-12H2,1-3H3,(H,16,18). The summed E-state index contributed by atoms with van der Waals surface area (Å²) >= 11 is 1.50. The highest BCUT2D eigenvalue weighted by Crippen LogP contribution is 2.23. The number of nitrogens with one attached hydrogen (secondary N) is 1. The topological polar surface area (TPSA) is 41.6 Å². The molecule has 1 amide bonds. The highest BCUT2D eigenvalue weighted by Gasteiger charge is 2.07. The summed E-state index contributed by atoms with van der Waals surface area (Å²) in [5.41, 5.74) is 0.742. The molecule has 0 radical (unpaired) electrons. The fourth-order valence-corrected chi connectivity index (χ4v) is 2.17. The number of thioether (sulfide) groups is 1. The van der Waals surface area contributed by atoms with Gasteiger partial charge < -0.3 is 15.0 Å². The fraction of sp³-hybridized carbons (Fsp3) is 0.533. The van der Waals surface area contributed by atoms with E-state index in [9.17, 15) is 4.79 Å². The number of benzene rings is 1. The third-order valence-corrected chi connectivity index (χ3v) is 3.55. The Morgan fingerprint density at radius 1 is 1.30 bits per heavy atom. The van der Waals surface area contributed by atoms with Gasteiger partial charge in [0.2, 0.25) is 5.91 Å². The van der Waals surface area contributed by atoms with E-state index in [2.05, 4.69) is 24.1 Å². The molecule has 4 nitrogen and oxygen atoms in total. The van der Waals surface area contributed by atoms with Crippen LogP contribution in [0.4, 0.5) is 5.69 Å². The molecule has 0 unspecified atom stereocenters. The molecular weight excluding hydrogens is 272 g/mol. The normalized spacial score (nSPS) is 10.6. The van der Waals surface area contributed by atoms with E-state index < -0.39 is 0 Å². The summed E-state index contributed by atoms with van der Waals surface area (Å²) in [6, 6.07) is 7.56. The van der Waals surface area contributed by atoms with E-state index >= 15 is 0 Å². The SMILES string of the molecule is CCN(CC)CCOc1ccccc1NC(=O)CSC. The molecule has 0 spiro atoms. The van der Waals surface area contributed by atoms with Crippen molar-refractivity contribution in [1.29, 1.82) is 0 Å². The van der Waals surface area contributed by atoms with Crippen molar-refractivity contribution in [2.45, 2.75) is 13.8 Å². The van der Waals surface area contributed by atoms with Crippen LogP contribution in [-0.4, -0.2) is 49.1 Å². The molecule has 5 heteroatoms. The van der Waals surface area contributed by atoms with Gasteiger partial charge in [-0.3, -0.25) is 4.79 Å². The number of ether oxygens (including phenoxy) is 1. The lowest BCUT2D eigenvalue weighted by molar-refractivity contribution is -0.113. The van der Waals surface area contributed by atoms with Gasteiger partial charge in [-0.15, -0.1) is 0 Å². The van der Waals surface area contributed by atoms with Crippen LogP contribution in [0.5, 0.6) is 5.75 Å². The lowest BCUT2D eigenvalue weighted by Crippen LogP contribution is -2.28. The van der Waals surface area contributed by atoms with Crippen molar-refractivity contribution < 1.29 is 9.53 Å². The lowest BCUT2D eigenvalue weighted by atomic mass is 10.3. The Bertz CT molecular complexity index is 409. The van der Waals surface area contributed by atoms with E-state index in [4.69, 9.17) is 4.74 Å². The van der Waals surface area contributed by atoms with Gasteiger partial charge in [-0.05, 0) is 31.5 Å². The van der Waals surface area contributed by atoms with Gasteiger partial charge in [-0.25, -0.2) is 0 Å². The minimum atomic E-state index is -0.00251. The predicted molar refractivity (Wildman–Crippen MR) is 86.7 cm³/mol. The first kappa shape index (κ1) is 16.9. The third-order valence-electron chi connectivity index (χ3n) is 3.00. The predicted octanol–water partition coefficient (Wildman–Crippen LogP) is 2.71. The summed E-state index contributed by atoms with van der Waals surface area (Å²) in [5, 5.41) is 2.88. The van der Waals surface area contributed by atoms with E-state index in [0.29, 0.717) is 12.4 Å². The van der Waals surface area contributed by atoms with Crippen LogP contribution in [0.15, 0.2) is 24.3 Å². The van der Waals surface area contributed by atoms with E-state index in [1.807, 2.05) is 30.5 Å². The molecule has 0 bridgehead atoms. The second-order valence-electron chi connectivity index (χ2n) is 4.35. The van der Waals surface area contributed by atoms with Crippen molar-refractivity contribution >= 4 is 23.4 Å². The van der Waals surface area contributed by atoms with Gasteiger partial charge in [0.25, 0.3) is 0 Å². The molecule has 20 heavy (non-hydrogen) atoms. The van der Waals surface area contributed by atoms with Gasteiger partial charge in [0.15, 0.2) is 0 Å². The molecule has 0 saturated heterocycles. The zero-order chi connectivity index (χ0) is 14.8. The van der Waals surface area contributed by atoms with Crippen LogP contribution in [0, 0.1) is 0 Å². The van der Waals surface area contributed by atoms with Gasteiger partial charge in [-0.1, -0.05) is 26.0 Å². The fourth-order valence-electron chi connectivity index (χ4n) is 1.84. The highest BCUT2D eigenvalue weighted by atomic mass is 32.2. The maximum Gasteiger partial charge on any atom is 0.234 e. The molecular formula is C15H24N2O2S. The molecule has 0 aromatic heterocycles. The second-order valence-corrected chi connectivity index (χ2v) is 5.22. The molecule has 1 aromatic rings. The molecule has 0 fully saturated rings. The Balaban J connectivity index is 2.54. The van der Waals surface area contributed by atoms with Gasteiger partial charge in [0.1, 0.15) is 12.4 Å². The third kappa shape index (κ3) is 5.84. The largest absolute Gasteiger partial charge is 0.490 e. The molecule has 0 aliphatic heterocycles. The maximum atomic E-state index is 11.6. The monoisotopic (exact) mass is 296 g/mol. The molecule has 0 aliphatic carbocycles. The first-order valence-electron chi connectivity index (χ1n) is 6.94. The minimum Gasteiger partial charge on any atom is -0.490 e. The van der Waals surface area contributed by atoms with Crippen LogP contribution in [-0.2, 0) is 4.79 Å². The molecule has 1 rings (SSSR count). The van der Waals surface area contributed by atoms with Crippen LogP contribution < -0.4 is 10.1 Å². The molecule has 1 N–H and O–H groups in total. The average molecular weight is 296 g/mol. The second kappa shape index (κ2) is 9.66. The van der Waals surface area contributed by atoms with Crippen molar-refractivity contribution in [3.63, 3.8) is 0 Å². The number of nitrogens with zero attached hydrogens (tertiary/aromatic N) is 1. The van der Waals surface area contributed by atoms with Gasteiger partial charge in [0.05, 0.1) is 11.4 Å². The van der Waals surface area contributed by atoms with Crippen molar-refractivity contribution in [3.8, 4) is 5.75 Å². The van der Waals surface area contributed by atoms with Crippen LogP contribution in [0.25, 0.3) is 0 Å². The number of hydrogen-bond donors (Lipinski definition) is 1. The number of hydrogen-bond acceptors (Lipinski definition) is 4. The van der Waals surface area contributed by atoms with Crippen LogP contribution in [0.3, 0.4) is 0 Å². The molecule has 1 aromatic carbocycles. The Morgan fingerprint density at radius 3 is 2.65 bits per heavy atom. The lowest BCUT2D eigenvalue weighted by Gasteiger charge is -2.19. The highest BCUT2D eigenvalue weighted by molar-refractivity contribution is 7.99. The van der Waals surface area contributed by atoms with E-state index in [-0.39, 0.29) is 5.91 Å². The Hall–Kier alpha value is -1.20. The van der Waals surface area contributed by atoms with E-state index in [1.165, 1.54) is 11.8 Å². The molecule has 0 heterocycles. The maximum absolute atomic E-state index is 11.6. The molecule has 112 valence electrons. The first-order valence-corrected chi connectivity index (χ1v) is 8.33. The van der Waals surface area contributed by atoms with Crippen molar-refractivity contribution in [1.82, 2.24) is 4.90 Å². The Kier molecular flexibility index (Phi) is 8.14. The van der Waals surface area contributed by atoms with Gasteiger partial charge >= 0.3 is 0 Å². The van der Waals surface area contributed by atoms with Gasteiger partial charge in [0, 0.05) is 6.54 Å². The number of anilines is 1. The van der Waals surface area contributed by atoms with E-state index in [1.54, 1.807) is 0 Å².